The number of hydrogen-bond acceptors (Lipinski definition) is 1. The predicted octanol–water partition coefficient (Wildman–Crippen LogP) is 8.31. The minimum absolute atomic E-state index is 0.568. The van der Waals surface area contributed by atoms with E-state index >= 15 is 0 Å². The molecular formula is C22H42S. The maximum Gasteiger partial charge on any atom is 0.0138 e. The van der Waals surface area contributed by atoms with Crippen LogP contribution in [0.4, 0.5) is 0 Å². The van der Waals surface area contributed by atoms with E-state index in [1.165, 1.54) is 95.6 Å². The zero-order valence-electron chi connectivity index (χ0n) is 16.5. The van der Waals surface area contributed by atoms with Gasteiger partial charge in [-0.15, -0.1) is 0 Å². The molecule has 0 amide bonds. The topological polar surface area (TPSA) is 0 Å². The van der Waals surface area contributed by atoms with Gasteiger partial charge in [0.15, 0.2) is 0 Å². The molecule has 0 aromatic heterocycles. The summed E-state index contributed by atoms with van der Waals surface area (Å²) in [5.74, 6) is 1.39. The highest BCUT2D eigenvalue weighted by molar-refractivity contribution is 8.00. The smallest absolute Gasteiger partial charge is 0.0138 e. The van der Waals surface area contributed by atoms with E-state index in [1.54, 1.807) is 11.1 Å². The van der Waals surface area contributed by atoms with Gasteiger partial charge in [0.2, 0.25) is 0 Å². The van der Waals surface area contributed by atoms with Gasteiger partial charge in [0, 0.05) is 4.75 Å². The second-order valence-electron chi connectivity index (χ2n) is 8.08. The van der Waals surface area contributed by atoms with Crippen LogP contribution in [0, 0.1) is 0 Å². The molecule has 23 heavy (non-hydrogen) atoms. The SMILES string of the molecule is CCCCCCCCCCCCSC1(C)CCC(=C(C)C)CC1. The van der Waals surface area contributed by atoms with Gasteiger partial charge >= 0.3 is 0 Å². The van der Waals surface area contributed by atoms with Gasteiger partial charge < -0.3 is 0 Å². The molecule has 0 nitrogen and oxygen atoms in total. The van der Waals surface area contributed by atoms with Crippen molar-refractivity contribution in [2.75, 3.05) is 5.75 Å². The van der Waals surface area contributed by atoms with Crippen LogP contribution in [0.25, 0.3) is 0 Å². The van der Waals surface area contributed by atoms with Crippen LogP contribution in [0.3, 0.4) is 0 Å². The van der Waals surface area contributed by atoms with Gasteiger partial charge in [-0.3, -0.25) is 0 Å². The van der Waals surface area contributed by atoms with Crippen LogP contribution in [-0.4, -0.2) is 10.5 Å². The third-order valence-corrected chi connectivity index (χ3v) is 7.16. The van der Waals surface area contributed by atoms with Gasteiger partial charge in [0.05, 0.1) is 0 Å². The largest absolute Gasteiger partial charge is 0.155 e. The van der Waals surface area contributed by atoms with Crippen molar-refractivity contribution in [2.45, 2.75) is 122 Å². The summed E-state index contributed by atoms with van der Waals surface area (Å²) >= 11 is 2.27. The minimum Gasteiger partial charge on any atom is -0.155 e. The molecule has 0 aliphatic heterocycles. The monoisotopic (exact) mass is 338 g/mol. The first-order valence-electron chi connectivity index (χ1n) is 10.4. The molecule has 1 aliphatic rings. The van der Waals surface area contributed by atoms with E-state index in [-0.39, 0.29) is 0 Å². The van der Waals surface area contributed by atoms with Crippen LogP contribution in [-0.2, 0) is 0 Å². The third-order valence-electron chi connectivity index (χ3n) is 5.57. The summed E-state index contributed by atoms with van der Waals surface area (Å²) in [5, 5.41) is 0. The molecule has 1 heteroatoms. The predicted molar refractivity (Wildman–Crippen MR) is 110 cm³/mol. The zero-order valence-corrected chi connectivity index (χ0v) is 17.3. The van der Waals surface area contributed by atoms with Crippen LogP contribution >= 0.6 is 11.8 Å². The van der Waals surface area contributed by atoms with Crippen LogP contribution in [0.5, 0.6) is 0 Å². The lowest BCUT2D eigenvalue weighted by molar-refractivity contribution is 0.484. The van der Waals surface area contributed by atoms with Crippen molar-refractivity contribution in [3.8, 4) is 0 Å². The molecule has 136 valence electrons. The standard InChI is InChI=1S/C22H42S/c1-5-6-7-8-9-10-11-12-13-14-19-23-22(4)17-15-21(16-18-22)20(2)3/h5-19H2,1-4H3. The molecule has 0 aromatic carbocycles. The summed E-state index contributed by atoms with van der Waals surface area (Å²) < 4.78 is 0.568. The van der Waals surface area contributed by atoms with Crippen LogP contribution < -0.4 is 0 Å². The Bertz CT molecular complexity index is 315. The van der Waals surface area contributed by atoms with Gasteiger partial charge in [-0.2, -0.15) is 11.8 Å². The van der Waals surface area contributed by atoms with Crippen molar-refractivity contribution >= 4 is 11.8 Å². The number of thioether (sulfide) groups is 1. The first-order valence-corrected chi connectivity index (χ1v) is 11.3. The van der Waals surface area contributed by atoms with Crippen LogP contribution in [0.1, 0.15) is 118 Å². The molecule has 0 atom stereocenters. The number of hydrogen-bond donors (Lipinski definition) is 0. The molecule has 1 rings (SSSR count). The van der Waals surface area contributed by atoms with Crippen molar-refractivity contribution in [2.24, 2.45) is 0 Å². The summed E-state index contributed by atoms with van der Waals surface area (Å²) in [6, 6.07) is 0. The molecule has 0 saturated heterocycles. The summed E-state index contributed by atoms with van der Waals surface area (Å²) in [5.41, 5.74) is 3.31. The molecule has 0 N–H and O–H groups in total. The molecule has 1 fully saturated rings. The molecule has 0 radical (unpaired) electrons. The summed E-state index contributed by atoms with van der Waals surface area (Å²) in [7, 11) is 0. The first-order chi connectivity index (χ1) is 11.1. The van der Waals surface area contributed by atoms with E-state index < -0.39 is 0 Å². The molecular weight excluding hydrogens is 296 g/mol. The van der Waals surface area contributed by atoms with E-state index in [4.69, 9.17) is 0 Å². The van der Waals surface area contributed by atoms with Crippen molar-refractivity contribution in [3.05, 3.63) is 11.1 Å². The summed E-state index contributed by atoms with van der Waals surface area (Å²) in [4.78, 5) is 0. The highest BCUT2D eigenvalue weighted by Crippen LogP contribution is 2.42. The van der Waals surface area contributed by atoms with Crippen molar-refractivity contribution in [1.29, 1.82) is 0 Å². The molecule has 0 spiro atoms. The van der Waals surface area contributed by atoms with Gasteiger partial charge in [0.1, 0.15) is 0 Å². The number of rotatable bonds is 12. The summed E-state index contributed by atoms with van der Waals surface area (Å²) in [6.45, 7) is 9.38. The lowest BCUT2D eigenvalue weighted by Gasteiger charge is -2.35. The molecule has 1 saturated carbocycles. The van der Waals surface area contributed by atoms with E-state index in [9.17, 15) is 0 Å². The molecule has 0 bridgehead atoms. The highest BCUT2D eigenvalue weighted by Gasteiger charge is 2.28. The van der Waals surface area contributed by atoms with E-state index in [0.29, 0.717) is 4.75 Å². The third kappa shape index (κ3) is 9.85. The lowest BCUT2D eigenvalue weighted by atomic mass is 9.84. The Hall–Kier alpha value is 0.0900. The maximum atomic E-state index is 2.51. The molecule has 1 aliphatic carbocycles. The fourth-order valence-corrected chi connectivity index (χ4v) is 4.97. The highest BCUT2D eigenvalue weighted by atomic mass is 32.2. The van der Waals surface area contributed by atoms with Gasteiger partial charge in [-0.25, -0.2) is 0 Å². The van der Waals surface area contributed by atoms with E-state index in [2.05, 4.69) is 39.5 Å². The fraction of sp³-hybridized carbons (Fsp3) is 0.909. The van der Waals surface area contributed by atoms with Gasteiger partial charge in [-0.1, -0.05) is 82.8 Å². The Morgan fingerprint density at radius 1 is 0.826 bits per heavy atom. The van der Waals surface area contributed by atoms with Crippen molar-refractivity contribution < 1.29 is 0 Å². The second kappa shape index (κ2) is 12.5. The average molecular weight is 339 g/mol. The Labute approximate surface area is 151 Å². The summed E-state index contributed by atoms with van der Waals surface area (Å²) in [6.07, 6.45) is 20.0. The van der Waals surface area contributed by atoms with E-state index in [1.807, 2.05) is 0 Å². The lowest BCUT2D eigenvalue weighted by Crippen LogP contribution is -2.25. The van der Waals surface area contributed by atoms with Crippen LogP contribution in [0.15, 0.2) is 11.1 Å². The Morgan fingerprint density at radius 2 is 1.30 bits per heavy atom. The Morgan fingerprint density at radius 3 is 1.78 bits per heavy atom. The quantitative estimate of drug-likeness (QED) is 0.254. The second-order valence-corrected chi connectivity index (χ2v) is 9.77. The number of allylic oxidation sites excluding steroid dienone is 2. The molecule has 0 unspecified atom stereocenters. The fourth-order valence-electron chi connectivity index (χ4n) is 3.63. The average Bonchev–Trinajstić information content (AvgIpc) is 2.53. The molecule has 0 aromatic rings. The maximum absolute atomic E-state index is 2.51. The Balaban J connectivity index is 1.94. The van der Waals surface area contributed by atoms with E-state index in [0.717, 1.165) is 0 Å². The van der Waals surface area contributed by atoms with Crippen LogP contribution in [0.2, 0.25) is 0 Å². The molecule has 0 heterocycles. The minimum atomic E-state index is 0.568. The normalized spacial score (nSPS) is 21.7. The number of unbranched alkanes of at least 4 members (excludes halogenated alkanes) is 9. The zero-order chi connectivity index (χ0) is 17.0. The first kappa shape index (κ1) is 21.1. The van der Waals surface area contributed by atoms with Crippen molar-refractivity contribution in [1.82, 2.24) is 0 Å². The van der Waals surface area contributed by atoms with Gasteiger partial charge in [-0.05, 0) is 51.7 Å². The Kier molecular flexibility index (Phi) is 11.4. The van der Waals surface area contributed by atoms with Gasteiger partial charge in [0.25, 0.3) is 0 Å². The van der Waals surface area contributed by atoms with Crippen molar-refractivity contribution in [3.63, 3.8) is 0 Å².